The molecule has 0 unspecified atom stereocenters. The van der Waals surface area contributed by atoms with Gasteiger partial charge in [-0.2, -0.15) is 0 Å². The van der Waals surface area contributed by atoms with E-state index in [0.29, 0.717) is 12.8 Å². The minimum absolute atomic E-state index is 0.712. The summed E-state index contributed by atoms with van der Waals surface area (Å²) in [5.74, 6) is 0. The topological polar surface area (TPSA) is 47.7 Å². The second-order valence-corrected chi connectivity index (χ2v) is 0.986. The van der Waals surface area contributed by atoms with Crippen LogP contribution in [0.4, 0.5) is 0 Å². The van der Waals surface area contributed by atoms with Crippen LogP contribution >= 0.6 is 0 Å². The zero-order chi connectivity index (χ0) is 4.83. The van der Waals surface area contributed by atoms with Crippen molar-refractivity contribution >= 4 is 12.4 Å². The maximum absolute atomic E-state index is 6.48. The summed E-state index contributed by atoms with van der Waals surface area (Å²) in [5, 5.41) is 13.0. The van der Waals surface area contributed by atoms with E-state index in [1.54, 1.807) is 0 Å². The summed E-state index contributed by atoms with van der Waals surface area (Å²) in [6.07, 6.45) is 4.04. The van der Waals surface area contributed by atoms with E-state index in [4.69, 9.17) is 10.8 Å². The maximum Gasteiger partial charge on any atom is -0.00441 e. The van der Waals surface area contributed by atoms with E-state index in [1.807, 2.05) is 0 Å². The van der Waals surface area contributed by atoms with Gasteiger partial charge >= 0.3 is 0 Å². The maximum atomic E-state index is 6.48. The molecule has 0 aliphatic carbocycles. The van der Waals surface area contributed by atoms with Crippen LogP contribution in [0.15, 0.2) is 0 Å². The van der Waals surface area contributed by atoms with Gasteiger partial charge in [0.1, 0.15) is 0 Å². The molecular formula is C4H8N2. The van der Waals surface area contributed by atoms with E-state index in [0.717, 1.165) is 0 Å². The van der Waals surface area contributed by atoms with Crippen LogP contribution in [0, 0.1) is 10.8 Å². The molecule has 0 aromatic rings. The van der Waals surface area contributed by atoms with E-state index in [-0.39, 0.29) is 0 Å². The fourth-order valence-electron chi connectivity index (χ4n) is 0.167. The van der Waals surface area contributed by atoms with Crippen LogP contribution in [-0.4, -0.2) is 12.4 Å². The molecule has 0 saturated carbocycles. The second kappa shape index (κ2) is 4.34. The Morgan fingerprint density at radius 1 is 1.00 bits per heavy atom. The Labute approximate surface area is 37.2 Å². The van der Waals surface area contributed by atoms with Crippen LogP contribution in [0.5, 0.6) is 0 Å². The molecule has 0 amide bonds. The first kappa shape index (κ1) is 5.34. The molecule has 0 aliphatic heterocycles. The van der Waals surface area contributed by atoms with Crippen LogP contribution in [0.3, 0.4) is 0 Å². The molecule has 2 N–H and O–H groups in total. The summed E-state index contributed by atoms with van der Waals surface area (Å²) in [5.41, 5.74) is 0. The molecule has 0 spiro atoms. The predicted octanol–water partition coefficient (Wildman–Crippen LogP) is 1.07. The molecular weight excluding hydrogens is 76.1 g/mol. The van der Waals surface area contributed by atoms with E-state index in [9.17, 15) is 0 Å². The summed E-state index contributed by atoms with van der Waals surface area (Å²) < 4.78 is 0. The van der Waals surface area contributed by atoms with Crippen LogP contribution < -0.4 is 0 Å². The fourth-order valence-corrected chi connectivity index (χ4v) is 0.167. The molecule has 0 rings (SSSR count). The second-order valence-electron chi connectivity index (χ2n) is 0.986. The molecule has 34 valence electrons. The Balaban J connectivity index is 2.66. The smallest absolute Gasteiger partial charge is 0.00441 e. The third-order valence-electron chi connectivity index (χ3n) is 0.455. The first-order valence-electron chi connectivity index (χ1n) is 1.89. The largest absolute Gasteiger partial charge is 0.313 e. The molecule has 0 radical (unpaired) electrons. The number of rotatable bonds is 3. The molecule has 0 atom stereocenters. The van der Waals surface area contributed by atoms with E-state index in [2.05, 4.69) is 0 Å². The van der Waals surface area contributed by atoms with Gasteiger partial charge in [-0.3, -0.25) is 0 Å². The summed E-state index contributed by atoms with van der Waals surface area (Å²) in [6, 6.07) is 0. The van der Waals surface area contributed by atoms with Gasteiger partial charge in [0.05, 0.1) is 0 Å². The summed E-state index contributed by atoms with van der Waals surface area (Å²) in [6.45, 7) is 0. The third-order valence-corrected chi connectivity index (χ3v) is 0.455. The lowest BCUT2D eigenvalue weighted by atomic mass is 10.4. The lowest BCUT2D eigenvalue weighted by Crippen LogP contribution is -1.72. The first-order chi connectivity index (χ1) is 2.91. The van der Waals surface area contributed by atoms with Crippen molar-refractivity contribution in [2.45, 2.75) is 12.8 Å². The zero-order valence-corrected chi connectivity index (χ0v) is 3.57. The quantitative estimate of drug-likeness (QED) is 0.379. The number of nitrogens with one attached hydrogen (secondary N) is 2. The van der Waals surface area contributed by atoms with Crippen molar-refractivity contribution in [1.29, 1.82) is 10.8 Å². The van der Waals surface area contributed by atoms with Gasteiger partial charge in [-0.1, -0.05) is 0 Å². The van der Waals surface area contributed by atoms with Crippen LogP contribution in [0.25, 0.3) is 0 Å². The van der Waals surface area contributed by atoms with Gasteiger partial charge in [-0.15, -0.1) is 0 Å². The summed E-state index contributed by atoms with van der Waals surface area (Å²) in [4.78, 5) is 0. The van der Waals surface area contributed by atoms with E-state index < -0.39 is 0 Å². The van der Waals surface area contributed by atoms with Crippen molar-refractivity contribution in [3.63, 3.8) is 0 Å². The van der Waals surface area contributed by atoms with Crippen molar-refractivity contribution in [3.05, 3.63) is 0 Å². The molecule has 0 aromatic carbocycles. The van der Waals surface area contributed by atoms with E-state index in [1.165, 1.54) is 12.4 Å². The fraction of sp³-hybridized carbons (Fsp3) is 0.500. The van der Waals surface area contributed by atoms with Crippen molar-refractivity contribution in [2.24, 2.45) is 0 Å². The highest BCUT2D eigenvalue weighted by atomic mass is 14.3. The molecule has 0 aromatic heterocycles. The standard InChI is InChI=1S/C4H8N2/c5-3-1-2-4-6/h3-6H,1-2H2. The Bertz CT molecular complexity index is 41.5. The van der Waals surface area contributed by atoms with Crippen molar-refractivity contribution in [2.75, 3.05) is 0 Å². The Kier molecular flexibility index (Phi) is 3.86. The Morgan fingerprint density at radius 3 is 1.50 bits per heavy atom. The predicted molar refractivity (Wildman–Crippen MR) is 26.8 cm³/mol. The highest BCUT2D eigenvalue weighted by Crippen LogP contribution is 1.73. The molecule has 2 nitrogen and oxygen atoms in total. The molecule has 0 heterocycles. The van der Waals surface area contributed by atoms with Crippen molar-refractivity contribution < 1.29 is 0 Å². The monoisotopic (exact) mass is 84.1 g/mol. The molecule has 0 saturated heterocycles. The van der Waals surface area contributed by atoms with Gasteiger partial charge in [0.25, 0.3) is 0 Å². The van der Waals surface area contributed by atoms with Gasteiger partial charge in [-0.25, -0.2) is 0 Å². The van der Waals surface area contributed by atoms with Crippen molar-refractivity contribution in [1.82, 2.24) is 0 Å². The minimum Gasteiger partial charge on any atom is -0.313 e. The number of hydrogen-bond acceptors (Lipinski definition) is 2. The number of unbranched alkanes of at least 4 members (excludes halogenated alkanes) is 1. The van der Waals surface area contributed by atoms with Gasteiger partial charge < -0.3 is 10.8 Å². The SMILES string of the molecule is N=CCCC=N. The highest BCUT2D eigenvalue weighted by molar-refractivity contribution is 5.61. The first-order valence-corrected chi connectivity index (χ1v) is 1.89. The third kappa shape index (κ3) is 3.34. The average Bonchev–Trinajstić information content (AvgIpc) is 1.61. The zero-order valence-electron chi connectivity index (χ0n) is 3.57. The van der Waals surface area contributed by atoms with Crippen LogP contribution in [0.1, 0.15) is 12.8 Å². The van der Waals surface area contributed by atoms with Crippen LogP contribution in [0.2, 0.25) is 0 Å². The lowest BCUT2D eigenvalue weighted by molar-refractivity contribution is 1.17. The normalized spacial score (nSPS) is 7.33. The number of hydrogen-bond donors (Lipinski definition) is 2. The Morgan fingerprint density at radius 2 is 1.33 bits per heavy atom. The molecule has 6 heavy (non-hydrogen) atoms. The van der Waals surface area contributed by atoms with Gasteiger partial charge in [0.15, 0.2) is 0 Å². The highest BCUT2D eigenvalue weighted by Gasteiger charge is 1.68. The van der Waals surface area contributed by atoms with E-state index >= 15 is 0 Å². The van der Waals surface area contributed by atoms with Gasteiger partial charge in [0.2, 0.25) is 0 Å². The van der Waals surface area contributed by atoms with Crippen molar-refractivity contribution in [3.8, 4) is 0 Å². The molecule has 0 aliphatic rings. The average molecular weight is 84.1 g/mol. The lowest BCUT2D eigenvalue weighted by Gasteiger charge is -1.74. The Hall–Kier alpha value is -0.660. The van der Waals surface area contributed by atoms with Gasteiger partial charge in [0, 0.05) is 0 Å². The summed E-state index contributed by atoms with van der Waals surface area (Å²) >= 11 is 0. The van der Waals surface area contributed by atoms with Crippen LogP contribution in [-0.2, 0) is 0 Å². The van der Waals surface area contributed by atoms with Gasteiger partial charge in [-0.05, 0) is 25.3 Å². The molecule has 0 bridgehead atoms. The molecule has 2 heteroatoms. The summed E-state index contributed by atoms with van der Waals surface area (Å²) in [7, 11) is 0. The minimum atomic E-state index is 0.712. The molecule has 0 fully saturated rings.